The highest BCUT2D eigenvalue weighted by Gasteiger charge is 2.39. The van der Waals surface area contributed by atoms with Crippen LogP contribution >= 0.6 is 11.8 Å². The van der Waals surface area contributed by atoms with E-state index in [0.717, 1.165) is 30.9 Å². The fourth-order valence-electron chi connectivity index (χ4n) is 2.19. The molecule has 4 nitrogen and oxygen atoms in total. The second-order valence-corrected chi connectivity index (χ2v) is 5.46. The lowest BCUT2D eigenvalue weighted by Gasteiger charge is -2.42. The molecule has 1 unspecified atom stereocenters. The van der Waals surface area contributed by atoms with Gasteiger partial charge >= 0.3 is 6.03 Å². The molecule has 0 radical (unpaired) electrons. The summed E-state index contributed by atoms with van der Waals surface area (Å²) in [4.78, 5) is 27.3. The Kier molecular flexibility index (Phi) is 3.74. The standard InChI is InChI=1S/C11H18N2O2S/c1-2-3-4-13-10(14)7-9-8-16-6-5-12(9)11(13)15/h9H,2-8H2,1H3. The summed E-state index contributed by atoms with van der Waals surface area (Å²) in [5.74, 6) is 1.93. The van der Waals surface area contributed by atoms with Gasteiger partial charge in [0.1, 0.15) is 0 Å². The van der Waals surface area contributed by atoms with Crippen molar-refractivity contribution >= 4 is 23.7 Å². The Bertz CT molecular complexity index is 296. The van der Waals surface area contributed by atoms with E-state index in [0.29, 0.717) is 13.0 Å². The molecule has 0 aromatic rings. The normalized spacial score (nSPS) is 25.9. The summed E-state index contributed by atoms with van der Waals surface area (Å²) in [5.41, 5.74) is 0. The van der Waals surface area contributed by atoms with Crippen molar-refractivity contribution in [3.63, 3.8) is 0 Å². The molecule has 16 heavy (non-hydrogen) atoms. The Balaban J connectivity index is 2.04. The Hall–Kier alpha value is -0.710. The second-order valence-electron chi connectivity index (χ2n) is 4.31. The van der Waals surface area contributed by atoms with Crippen LogP contribution in [0.4, 0.5) is 4.79 Å². The molecule has 2 aliphatic rings. The minimum Gasteiger partial charge on any atom is -0.319 e. The maximum absolute atomic E-state index is 12.1. The number of hydrogen-bond acceptors (Lipinski definition) is 3. The topological polar surface area (TPSA) is 40.6 Å². The zero-order chi connectivity index (χ0) is 11.5. The van der Waals surface area contributed by atoms with Gasteiger partial charge in [0, 0.05) is 31.0 Å². The molecule has 2 fully saturated rings. The molecule has 0 bridgehead atoms. The van der Waals surface area contributed by atoms with Gasteiger partial charge in [-0.05, 0) is 6.42 Å². The van der Waals surface area contributed by atoms with Crippen LogP contribution in [-0.4, -0.2) is 52.4 Å². The first-order chi connectivity index (χ1) is 7.74. The van der Waals surface area contributed by atoms with Crippen molar-refractivity contribution in [2.24, 2.45) is 0 Å². The smallest absolute Gasteiger partial charge is 0.319 e. The molecular weight excluding hydrogens is 224 g/mol. The Morgan fingerprint density at radius 1 is 1.44 bits per heavy atom. The summed E-state index contributed by atoms with van der Waals surface area (Å²) in [6, 6.07) is 0.0895. The highest BCUT2D eigenvalue weighted by Crippen LogP contribution is 2.25. The number of carbonyl (C=O) groups is 2. The van der Waals surface area contributed by atoms with Gasteiger partial charge in [-0.25, -0.2) is 4.79 Å². The van der Waals surface area contributed by atoms with Gasteiger partial charge in [-0.3, -0.25) is 9.69 Å². The summed E-state index contributed by atoms with van der Waals surface area (Å²) in [6.45, 7) is 3.45. The second kappa shape index (κ2) is 5.08. The van der Waals surface area contributed by atoms with Gasteiger partial charge in [0.25, 0.3) is 0 Å². The van der Waals surface area contributed by atoms with Gasteiger partial charge in [0.2, 0.25) is 5.91 Å². The first-order valence-corrected chi connectivity index (χ1v) is 7.08. The highest BCUT2D eigenvalue weighted by atomic mass is 32.2. The molecule has 0 aliphatic carbocycles. The fourth-order valence-corrected chi connectivity index (χ4v) is 3.25. The van der Waals surface area contributed by atoms with Gasteiger partial charge in [-0.1, -0.05) is 13.3 Å². The average molecular weight is 242 g/mol. The summed E-state index contributed by atoms with van der Waals surface area (Å²) in [5, 5.41) is 0. The number of urea groups is 1. The number of carbonyl (C=O) groups excluding carboxylic acids is 2. The lowest BCUT2D eigenvalue weighted by molar-refractivity contribution is -0.132. The Labute approximate surface area is 100 Å². The molecule has 2 aliphatic heterocycles. The highest BCUT2D eigenvalue weighted by molar-refractivity contribution is 7.99. The van der Waals surface area contributed by atoms with Crippen molar-refractivity contribution < 1.29 is 9.59 Å². The van der Waals surface area contributed by atoms with E-state index < -0.39 is 0 Å². The number of amides is 3. The molecular formula is C11H18N2O2S. The molecule has 2 rings (SSSR count). The average Bonchev–Trinajstić information content (AvgIpc) is 2.29. The van der Waals surface area contributed by atoms with Crippen molar-refractivity contribution in [2.75, 3.05) is 24.6 Å². The molecule has 0 N–H and O–H groups in total. The molecule has 5 heteroatoms. The van der Waals surface area contributed by atoms with E-state index in [1.165, 1.54) is 4.90 Å². The lowest BCUT2D eigenvalue weighted by Crippen LogP contribution is -2.59. The first kappa shape index (κ1) is 11.8. The zero-order valence-corrected chi connectivity index (χ0v) is 10.5. The molecule has 1 atom stereocenters. The van der Waals surface area contributed by atoms with Crippen molar-refractivity contribution in [3.8, 4) is 0 Å². The van der Waals surface area contributed by atoms with Crippen LogP contribution in [0.15, 0.2) is 0 Å². The summed E-state index contributed by atoms with van der Waals surface area (Å²) in [6.07, 6.45) is 2.43. The molecule has 0 spiro atoms. The van der Waals surface area contributed by atoms with Crippen molar-refractivity contribution in [2.45, 2.75) is 32.2 Å². The maximum Gasteiger partial charge on any atom is 0.327 e. The van der Waals surface area contributed by atoms with E-state index in [2.05, 4.69) is 6.92 Å². The molecule has 0 aromatic carbocycles. The predicted molar refractivity (Wildman–Crippen MR) is 64.5 cm³/mol. The van der Waals surface area contributed by atoms with E-state index in [4.69, 9.17) is 0 Å². The SMILES string of the molecule is CCCCN1C(=O)CC2CSCCN2C1=O. The monoisotopic (exact) mass is 242 g/mol. The van der Waals surface area contributed by atoms with Crippen LogP contribution in [0.5, 0.6) is 0 Å². The van der Waals surface area contributed by atoms with Gasteiger partial charge in [-0.2, -0.15) is 11.8 Å². The van der Waals surface area contributed by atoms with Crippen LogP contribution in [0.1, 0.15) is 26.2 Å². The van der Waals surface area contributed by atoms with E-state index in [9.17, 15) is 9.59 Å². The number of imide groups is 1. The van der Waals surface area contributed by atoms with Crippen molar-refractivity contribution in [3.05, 3.63) is 0 Å². The van der Waals surface area contributed by atoms with Crippen molar-refractivity contribution in [1.82, 2.24) is 9.80 Å². The summed E-state index contributed by atoms with van der Waals surface area (Å²) < 4.78 is 0. The number of rotatable bonds is 3. The van der Waals surface area contributed by atoms with Crippen LogP contribution in [-0.2, 0) is 4.79 Å². The van der Waals surface area contributed by atoms with E-state index in [1.807, 2.05) is 16.7 Å². The Morgan fingerprint density at radius 3 is 3.00 bits per heavy atom. The molecule has 2 heterocycles. The summed E-state index contributed by atoms with van der Waals surface area (Å²) >= 11 is 1.84. The van der Waals surface area contributed by atoms with Gasteiger partial charge < -0.3 is 4.90 Å². The van der Waals surface area contributed by atoms with Gasteiger partial charge in [-0.15, -0.1) is 0 Å². The number of hydrogen-bond donors (Lipinski definition) is 0. The van der Waals surface area contributed by atoms with Crippen molar-refractivity contribution in [1.29, 1.82) is 0 Å². The quantitative estimate of drug-likeness (QED) is 0.754. The number of thioether (sulfide) groups is 1. The van der Waals surface area contributed by atoms with E-state index in [-0.39, 0.29) is 18.0 Å². The van der Waals surface area contributed by atoms with Crippen LogP contribution in [0, 0.1) is 0 Å². The van der Waals surface area contributed by atoms with Gasteiger partial charge in [0.15, 0.2) is 0 Å². The number of unbranched alkanes of at least 4 members (excludes halogenated alkanes) is 1. The van der Waals surface area contributed by atoms with Gasteiger partial charge in [0.05, 0.1) is 6.04 Å². The van der Waals surface area contributed by atoms with Crippen LogP contribution in [0.2, 0.25) is 0 Å². The van der Waals surface area contributed by atoms with Crippen LogP contribution in [0.3, 0.4) is 0 Å². The predicted octanol–water partition coefficient (Wildman–Crippen LogP) is 1.56. The van der Waals surface area contributed by atoms with Crippen LogP contribution in [0.25, 0.3) is 0 Å². The van der Waals surface area contributed by atoms with E-state index >= 15 is 0 Å². The minimum atomic E-state index is -0.0602. The number of nitrogens with zero attached hydrogens (tertiary/aromatic N) is 2. The third-order valence-corrected chi connectivity index (χ3v) is 4.24. The first-order valence-electron chi connectivity index (χ1n) is 5.92. The lowest BCUT2D eigenvalue weighted by atomic mass is 10.1. The van der Waals surface area contributed by atoms with Crippen LogP contribution < -0.4 is 0 Å². The van der Waals surface area contributed by atoms with E-state index in [1.54, 1.807) is 0 Å². The summed E-state index contributed by atoms with van der Waals surface area (Å²) in [7, 11) is 0. The largest absolute Gasteiger partial charge is 0.327 e. The molecule has 0 saturated carbocycles. The third kappa shape index (κ3) is 2.19. The fraction of sp³-hybridized carbons (Fsp3) is 0.818. The molecule has 0 aromatic heterocycles. The third-order valence-electron chi connectivity index (χ3n) is 3.15. The molecule has 90 valence electrons. The maximum atomic E-state index is 12.1. The molecule has 2 saturated heterocycles. The Morgan fingerprint density at radius 2 is 2.25 bits per heavy atom. The number of fused-ring (bicyclic) bond motifs is 1. The minimum absolute atomic E-state index is 0.0159. The zero-order valence-electron chi connectivity index (χ0n) is 9.65. The molecule has 3 amide bonds.